The standard InChI is InChI=1S/C17H25N5/c1-13(2)6-7-15-5-4-11-21(15)16-8-9-17(19-18-16)22-12-10-14(3)20-22/h8-10,12-13,15H,4-7,11H2,1-3H3. The second-order valence-electron chi connectivity index (χ2n) is 6.61. The van der Waals surface area contributed by atoms with Gasteiger partial charge in [0, 0.05) is 18.8 Å². The molecule has 1 aliphatic rings. The van der Waals surface area contributed by atoms with Gasteiger partial charge in [-0.05, 0) is 56.7 Å². The molecule has 0 radical (unpaired) electrons. The maximum absolute atomic E-state index is 4.44. The number of aromatic nitrogens is 4. The molecule has 0 aliphatic carbocycles. The van der Waals surface area contributed by atoms with Crippen molar-refractivity contribution >= 4 is 5.82 Å². The Morgan fingerprint density at radius 1 is 1.18 bits per heavy atom. The highest BCUT2D eigenvalue weighted by Gasteiger charge is 2.25. The fraction of sp³-hybridized carbons (Fsp3) is 0.588. The summed E-state index contributed by atoms with van der Waals surface area (Å²) in [6.45, 7) is 7.65. The minimum Gasteiger partial charge on any atom is -0.352 e. The van der Waals surface area contributed by atoms with Gasteiger partial charge >= 0.3 is 0 Å². The molecule has 118 valence electrons. The lowest BCUT2D eigenvalue weighted by Gasteiger charge is -2.25. The van der Waals surface area contributed by atoms with Crippen molar-refractivity contribution in [3.63, 3.8) is 0 Å². The van der Waals surface area contributed by atoms with Gasteiger partial charge in [-0.2, -0.15) is 5.10 Å². The number of aryl methyl sites for hydroxylation is 1. The normalized spacial score (nSPS) is 18.4. The number of hydrogen-bond acceptors (Lipinski definition) is 4. The van der Waals surface area contributed by atoms with Crippen LogP contribution in [0.2, 0.25) is 0 Å². The van der Waals surface area contributed by atoms with E-state index in [1.165, 1.54) is 25.7 Å². The Hall–Kier alpha value is -1.91. The first-order chi connectivity index (χ1) is 10.6. The van der Waals surface area contributed by atoms with Gasteiger partial charge in [0.1, 0.15) is 0 Å². The summed E-state index contributed by atoms with van der Waals surface area (Å²) >= 11 is 0. The lowest BCUT2D eigenvalue weighted by atomic mass is 10.0. The Kier molecular flexibility index (Phi) is 4.41. The molecule has 2 aromatic heterocycles. The first-order valence-electron chi connectivity index (χ1n) is 8.26. The van der Waals surface area contributed by atoms with Gasteiger partial charge in [-0.25, -0.2) is 4.68 Å². The van der Waals surface area contributed by atoms with Gasteiger partial charge in [-0.1, -0.05) is 13.8 Å². The van der Waals surface area contributed by atoms with Gasteiger partial charge in [0.25, 0.3) is 0 Å². The van der Waals surface area contributed by atoms with Gasteiger partial charge in [0.15, 0.2) is 11.6 Å². The van der Waals surface area contributed by atoms with Crippen LogP contribution in [0.4, 0.5) is 5.82 Å². The van der Waals surface area contributed by atoms with Crippen LogP contribution in [0.25, 0.3) is 5.82 Å². The molecule has 5 heteroatoms. The van der Waals surface area contributed by atoms with Crippen LogP contribution in [0.15, 0.2) is 24.4 Å². The Labute approximate surface area is 132 Å². The van der Waals surface area contributed by atoms with Crippen LogP contribution in [-0.2, 0) is 0 Å². The molecule has 3 rings (SSSR count). The second kappa shape index (κ2) is 6.46. The maximum Gasteiger partial charge on any atom is 0.175 e. The summed E-state index contributed by atoms with van der Waals surface area (Å²) in [5.74, 6) is 2.53. The average Bonchev–Trinajstić information content (AvgIpc) is 3.14. The van der Waals surface area contributed by atoms with E-state index in [9.17, 15) is 0 Å². The Bertz CT molecular complexity index is 602. The highest BCUT2D eigenvalue weighted by atomic mass is 15.4. The Morgan fingerprint density at radius 2 is 1.95 bits per heavy atom. The highest BCUT2D eigenvalue weighted by molar-refractivity contribution is 5.42. The van der Waals surface area contributed by atoms with Gasteiger partial charge in [-0.15, -0.1) is 10.2 Å². The molecule has 22 heavy (non-hydrogen) atoms. The third-order valence-electron chi connectivity index (χ3n) is 4.34. The van der Waals surface area contributed by atoms with Gasteiger partial charge in [0.05, 0.1) is 5.69 Å². The van der Waals surface area contributed by atoms with Crippen molar-refractivity contribution in [1.29, 1.82) is 0 Å². The zero-order valence-electron chi connectivity index (χ0n) is 13.7. The first-order valence-corrected chi connectivity index (χ1v) is 8.26. The molecule has 0 N–H and O–H groups in total. The fourth-order valence-corrected chi connectivity index (χ4v) is 3.10. The average molecular weight is 299 g/mol. The van der Waals surface area contributed by atoms with E-state index in [0.717, 1.165) is 29.8 Å². The minimum atomic E-state index is 0.620. The molecule has 1 fully saturated rings. The summed E-state index contributed by atoms with van der Waals surface area (Å²) in [6, 6.07) is 6.67. The lowest BCUT2D eigenvalue weighted by molar-refractivity contribution is 0.493. The summed E-state index contributed by atoms with van der Waals surface area (Å²) in [4.78, 5) is 2.42. The van der Waals surface area contributed by atoms with E-state index in [0.29, 0.717) is 6.04 Å². The van der Waals surface area contributed by atoms with Crippen molar-refractivity contribution in [2.75, 3.05) is 11.4 Å². The molecule has 5 nitrogen and oxygen atoms in total. The first kappa shape index (κ1) is 15.0. The maximum atomic E-state index is 4.44. The molecule has 0 bridgehead atoms. The van der Waals surface area contributed by atoms with Crippen LogP contribution in [0.3, 0.4) is 0 Å². The van der Waals surface area contributed by atoms with E-state index in [-0.39, 0.29) is 0 Å². The van der Waals surface area contributed by atoms with E-state index in [1.54, 1.807) is 4.68 Å². The topological polar surface area (TPSA) is 46.8 Å². The fourth-order valence-electron chi connectivity index (χ4n) is 3.10. The van der Waals surface area contributed by atoms with E-state index in [4.69, 9.17) is 0 Å². The zero-order valence-corrected chi connectivity index (χ0v) is 13.7. The molecular weight excluding hydrogens is 274 g/mol. The number of nitrogens with zero attached hydrogens (tertiary/aromatic N) is 5. The molecule has 0 spiro atoms. The smallest absolute Gasteiger partial charge is 0.175 e. The number of hydrogen-bond donors (Lipinski definition) is 0. The molecule has 1 atom stereocenters. The Balaban J connectivity index is 1.71. The monoisotopic (exact) mass is 299 g/mol. The van der Waals surface area contributed by atoms with Crippen molar-refractivity contribution in [1.82, 2.24) is 20.0 Å². The van der Waals surface area contributed by atoms with E-state index in [1.807, 2.05) is 25.3 Å². The molecular formula is C17H25N5. The molecule has 0 aromatic carbocycles. The highest BCUT2D eigenvalue weighted by Crippen LogP contribution is 2.27. The molecule has 1 aliphatic heterocycles. The summed E-state index contributed by atoms with van der Waals surface area (Å²) in [5, 5.41) is 13.2. The Morgan fingerprint density at radius 3 is 2.59 bits per heavy atom. The molecule has 0 saturated carbocycles. The summed E-state index contributed by atoms with van der Waals surface area (Å²) in [5.41, 5.74) is 0.985. The largest absolute Gasteiger partial charge is 0.352 e. The van der Waals surface area contributed by atoms with Crippen LogP contribution >= 0.6 is 0 Å². The summed E-state index contributed by atoms with van der Waals surface area (Å²) < 4.78 is 1.77. The van der Waals surface area contributed by atoms with Crippen LogP contribution in [-0.4, -0.2) is 32.6 Å². The third-order valence-corrected chi connectivity index (χ3v) is 4.34. The number of anilines is 1. The molecule has 3 heterocycles. The van der Waals surface area contributed by atoms with Crippen LogP contribution in [0, 0.1) is 12.8 Å². The van der Waals surface area contributed by atoms with E-state index < -0.39 is 0 Å². The third kappa shape index (κ3) is 3.29. The predicted octanol–water partition coefficient (Wildman–Crippen LogP) is 3.38. The van der Waals surface area contributed by atoms with E-state index in [2.05, 4.69) is 40.1 Å². The quantitative estimate of drug-likeness (QED) is 0.849. The van der Waals surface area contributed by atoms with Crippen LogP contribution < -0.4 is 4.90 Å². The summed E-state index contributed by atoms with van der Waals surface area (Å²) in [6.07, 6.45) is 6.97. The van der Waals surface area contributed by atoms with Crippen LogP contribution in [0.1, 0.15) is 45.2 Å². The van der Waals surface area contributed by atoms with Gasteiger partial charge in [0.2, 0.25) is 0 Å². The van der Waals surface area contributed by atoms with Crippen molar-refractivity contribution in [2.24, 2.45) is 5.92 Å². The van der Waals surface area contributed by atoms with Crippen molar-refractivity contribution in [3.8, 4) is 5.82 Å². The molecule has 0 amide bonds. The van der Waals surface area contributed by atoms with E-state index >= 15 is 0 Å². The molecule has 1 unspecified atom stereocenters. The predicted molar refractivity (Wildman–Crippen MR) is 88.3 cm³/mol. The van der Waals surface area contributed by atoms with Crippen molar-refractivity contribution in [2.45, 2.75) is 52.5 Å². The van der Waals surface area contributed by atoms with Crippen molar-refractivity contribution in [3.05, 3.63) is 30.1 Å². The molecule has 1 saturated heterocycles. The molecule has 2 aromatic rings. The number of rotatable bonds is 5. The van der Waals surface area contributed by atoms with Gasteiger partial charge in [-0.3, -0.25) is 0 Å². The van der Waals surface area contributed by atoms with Gasteiger partial charge < -0.3 is 4.90 Å². The zero-order chi connectivity index (χ0) is 15.5. The minimum absolute atomic E-state index is 0.620. The second-order valence-corrected chi connectivity index (χ2v) is 6.61. The van der Waals surface area contributed by atoms with Crippen molar-refractivity contribution < 1.29 is 0 Å². The van der Waals surface area contributed by atoms with Crippen LogP contribution in [0.5, 0.6) is 0 Å². The SMILES string of the molecule is Cc1ccn(-c2ccc(N3CCCC3CCC(C)C)nn2)n1. The lowest BCUT2D eigenvalue weighted by Crippen LogP contribution is -2.30. The summed E-state index contributed by atoms with van der Waals surface area (Å²) in [7, 11) is 0.